The lowest BCUT2D eigenvalue weighted by Crippen LogP contribution is -2.39. The molecule has 0 atom stereocenters. The van der Waals surface area contributed by atoms with Crippen molar-refractivity contribution in [1.29, 1.82) is 0 Å². The Balaban J connectivity index is 1.57. The van der Waals surface area contributed by atoms with Crippen molar-refractivity contribution in [1.82, 2.24) is 10.2 Å². The Bertz CT molecular complexity index is 1000. The van der Waals surface area contributed by atoms with Crippen LogP contribution in [0.15, 0.2) is 46.5 Å². The number of fused-ring (bicyclic) bond motifs is 1. The van der Waals surface area contributed by atoms with Crippen molar-refractivity contribution in [2.75, 3.05) is 24.2 Å². The quantitative estimate of drug-likeness (QED) is 0.771. The molecule has 8 nitrogen and oxygen atoms in total. The van der Waals surface area contributed by atoms with Gasteiger partial charge < -0.3 is 15.5 Å². The molecule has 1 aromatic rings. The van der Waals surface area contributed by atoms with Crippen molar-refractivity contribution < 1.29 is 26.8 Å². The molecule has 0 saturated heterocycles. The van der Waals surface area contributed by atoms with Crippen LogP contribution in [0.1, 0.15) is 0 Å². The van der Waals surface area contributed by atoms with Crippen LogP contribution < -0.4 is 10.6 Å². The number of hydrogen-bond donors (Lipinski definition) is 2. The Morgan fingerprint density at radius 3 is 2.70 bits per heavy atom. The number of nitrogens with zero attached hydrogens (tertiary/aromatic N) is 2. The van der Waals surface area contributed by atoms with E-state index < -0.39 is 40.0 Å². The zero-order valence-corrected chi connectivity index (χ0v) is 14.6. The number of carbonyl (C=O) groups excluding carboxylic acids is 2. The van der Waals surface area contributed by atoms with Crippen LogP contribution >= 0.6 is 0 Å². The lowest BCUT2D eigenvalue weighted by atomic mass is 10.2. The zero-order valence-electron chi connectivity index (χ0n) is 13.8. The normalized spacial score (nSPS) is 17.5. The van der Waals surface area contributed by atoms with Gasteiger partial charge in [0.05, 0.1) is 17.9 Å². The molecule has 0 unspecified atom stereocenters. The molecule has 27 heavy (non-hydrogen) atoms. The van der Waals surface area contributed by atoms with Gasteiger partial charge in [-0.25, -0.2) is 17.2 Å². The summed E-state index contributed by atoms with van der Waals surface area (Å²) in [6.45, 7) is -0.225. The molecular weight excluding hydrogens is 382 g/mol. The zero-order chi connectivity index (χ0) is 19.6. The topological polar surface area (TPSA) is 108 Å². The second-order valence-electron chi connectivity index (χ2n) is 5.71. The lowest BCUT2D eigenvalue weighted by molar-refractivity contribution is -0.121. The molecule has 2 heterocycles. The molecule has 11 heteroatoms. The van der Waals surface area contributed by atoms with Gasteiger partial charge in [-0.2, -0.15) is 0 Å². The van der Waals surface area contributed by atoms with Crippen molar-refractivity contribution in [2.45, 2.75) is 0 Å². The summed E-state index contributed by atoms with van der Waals surface area (Å²) in [5, 5.41) is 4.72. The molecular formula is C16H14F2N4O4S. The van der Waals surface area contributed by atoms with Gasteiger partial charge in [0.25, 0.3) is 15.9 Å². The Hall–Kier alpha value is -3.08. The number of hydrogen-bond acceptors (Lipinski definition) is 5. The van der Waals surface area contributed by atoms with Gasteiger partial charge in [0, 0.05) is 24.5 Å². The van der Waals surface area contributed by atoms with E-state index in [0.29, 0.717) is 0 Å². The third-order valence-corrected chi connectivity index (χ3v) is 4.86. The highest BCUT2D eigenvalue weighted by Gasteiger charge is 2.25. The molecule has 142 valence electrons. The van der Waals surface area contributed by atoms with E-state index in [1.807, 2.05) is 0 Å². The Labute approximate surface area is 153 Å². The fourth-order valence-corrected chi connectivity index (χ4v) is 3.35. The summed E-state index contributed by atoms with van der Waals surface area (Å²) < 4.78 is 52.5. The minimum Gasteiger partial charge on any atom is -0.343 e. The van der Waals surface area contributed by atoms with Crippen LogP contribution in [-0.4, -0.2) is 49.8 Å². The number of amidine groups is 1. The standard InChI is InChI=1S/C16H14F2N4O4S/c17-12-3-2-11(7-13(12)18)20-15(23)8-19-16(24)10-1-4-14-21-27(25,26)6-5-22(14)9-10/h1-4,7,9H,5-6,8H2,(H,19,24)(H,20,23). The molecule has 0 radical (unpaired) electrons. The van der Waals surface area contributed by atoms with Crippen LogP contribution in [0.5, 0.6) is 0 Å². The molecule has 3 rings (SSSR count). The molecule has 0 bridgehead atoms. The number of rotatable bonds is 4. The average molecular weight is 396 g/mol. The maximum Gasteiger partial charge on any atom is 0.256 e. The molecule has 0 aromatic heterocycles. The van der Waals surface area contributed by atoms with Gasteiger partial charge in [0.2, 0.25) is 5.91 Å². The van der Waals surface area contributed by atoms with Crippen molar-refractivity contribution in [3.8, 4) is 0 Å². The number of halogens is 2. The third-order valence-electron chi connectivity index (χ3n) is 3.70. The molecule has 2 N–H and O–H groups in total. The summed E-state index contributed by atoms with van der Waals surface area (Å²) in [4.78, 5) is 25.5. The number of sulfonamides is 1. The maximum absolute atomic E-state index is 13.1. The first-order valence-corrected chi connectivity index (χ1v) is 9.37. The Morgan fingerprint density at radius 2 is 1.96 bits per heavy atom. The first-order chi connectivity index (χ1) is 12.7. The molecule has 2 aliphatic rings. The minimum atomic E-state index is -3.49. The van der Waals surface area contributed by atoms with Gasteiger partial charge in [0.1, 0.15) is 5.84 Å². The van der Waals surface area contributed by atoms with Crippen LogP contribution in [0, 0.1) is 11.6 Å². The minimum absolute atomic E-state index is 0.0558. The highest BCUT2D eigenvalue weighted by Crippen LogP contribution is 2.16. The van der Waals surface area contributed by atoms with Gasteiger partial charge in [-0.05, 0) is 24.3 Å². The van der Waals surface area contributed by atoms with Crippen LogP contribution in [0.25, 0.3) is 0 Å². The van der Waals surface area contributed by atoms with E-state index in [-0.39, 0.29) is 29.4 Å². The van der Waals surface area contributed by atoms with Crippen LogP contribution in [0.2, 0.25) is 0 Å². The predicted molar refractivity (Wildman–Crippen MR) is 93.1 cm³/mol. The van der Waals surface area contributed by atoms with Crippen LogP contribution in [-0.2, 0) is 19.6 Å². The second-order valence-corrected chi connectivity index (χ2v) is 7.46. The van der Waals surface area contributed by atoms with Crippen LogP contribution in [0.4, 0.5) is 14.5 Å². The van der Waals surface area contributed by atoms with Gasteiger partial charge in [0.15, 0.2) is 11.6 Å². The van der Waals surface area contributed by atoms with Crippen molar-refractivity contribution >= 4 is 33.4 Å². The first-order valence-electron chi connectivity index (χ1n) is 7.76. The van der Waals surface area contributed by atoms with E-state index in [9.17, 15) is 26.8 Å². The predicted octanol–water partition coefficient (Wildman–Crippen LogP) is 0.517. The first kappa shape index (κ1) is 18.7. The smallest absolute Gasteiger partial charge is 0.256 e. The molecule has 0 saturated carbocycles. The summed E-state index contributed by atoms with van der Waals surface area (Å²) in [6, 6.07) is 2.89. The molecule has 2 amide bonds. The van der Waals surface area contributed by atoms with E-state index >= 15 is 0 Å². The van der Waals surface area contributed by atoms with Crippen LogP contribution in [0.3, 0.4) is 0 Å². The van der Waals surface area contributed by atoms with Gasteiger partial charge in [-0.3, -0.25) is 9.59 Å². The largest absolute Gasteiger partial charge is 0.343 e. The fraction of sp³-hybridized carbons (Fsp3) is 0.188. The highest BCUT2D eigenvalue weighted by molar-refractivity contribution is 7.90. The average Bonchev–Trinajstić information content (AvgIpc) is 2.61. The van der Waals surface area contributed by atoms with Crippen molar-refractivity contribution in [3.63, 3.8) is 0 Å². The number of amides is 2. The van der Waals surface area contributed by atoms with Gasteiger partial charge in [-0.15, -0.1) is 4.40 Å². The molecule has 0 aliphatic carbocycles. The number of nitrogens with one attached hydrogen (secondary N) is 2. The molecule has 1 aromatic carbocycles. The second kappa shape index (κ2) is 7.27. The Kier molecular flexibility index (Phi) is 5.04. The third kappa shape index (κ3) is 4.56. The van der Waals surface area contributed by atoms with Gasteiger partial charge in [-0.1, -0.05) is 0 Å². The van der Waals surface area contributed by atoms with Crippen molar-refractivity contribution in [3.05, 3.63) is 53.8 Å². The number of benzene rings is 1. The fourth-order valence-electron chi connectivity index (χ4n) is 2.38. The Morgan fingerprint density at radius 1 is 1.19 bits per heavy atom. The molecule has 0 spiro atoms. The molecule has 2 aliphatic heterocycles. The summed E-state index contributed by atoms with van der Waals surface area (Å²) in [5.74, 6) is -3.26. The SMILES string of the molecule is O=C(CNC(=O)C1=CN2CCS(=O)(=O)N=C2C=C1)Nc1ccc(F)c(F)c1. The van der Waals surface area contributed by atoms with E-state index in [4.69, 9.17) is 0 Å². The van der Waals surface area contributed by atoms with Gasteiger partial charge >= 0.3 is 0 Å². The van der Waals surface area contributed by atoms with Crippen molar-refractivity contribution in [2.24, 2.45) is 4.40 Å². The maximum atomic E-state index is 13.1. The van der Waals surface area contributed by atoms with E-state index in [2.05, 4.69) is 15.0 Å². The summed E-state index contributed by atoms with van der Waals surface area (Å²) >= 11 is 0. The highest BCUT2D eigenvalue weighted by atomic mass is 32.2. The number of anilines is 1. The summed E-state index contributed by atoms with van der Waals surface area (Å²) in [7, 11) is -3.49. The van der Waals surface area contributed by atoms with E-state index in [0.717, 1.165) is 12.1 Å². The lowest BCUT2D eigenvalue weighted by Gasteiger charge is -2.26. The van der Waals surface area contributed by atoms with E-state index in [1.165, 1.54) is 29.3 Å². The summed E-state index contributed by atoms with van der Waals surface area (Å²) in [6.07, 6.45) is 4.22. The monoisotopic (exact) mass is 396 g/mol. The molecule has 0 fully saturated rings. The summed E-state index contributed by atoms with van der Waals surface area (Å²) in [5.41, 5.74) is 0.272. The number of carbonyl (C=O) groups is 2. The van der Waals surface area contributed by atoms with E-state index in [1.54, 1.807) is 0 Å².